The van der Waals surface area contributed by atoms with Gasteiger partial charge in [-0.05, 0) is 41.3 Å². The highest BCUT2D eigenvalue weighted by atomic mass is 79.9. The highest BCUT2D eigenvalue weighted by molar-refractivity contribution is 9.10. The second kappa shape index (κ2) is 3.93. The van der Waals surface area contributed by atoms with Gasteiger partial charge in [0.1, 0.15) is 0 Å². The molecule has 0 spiro atoms. The van der Waals surface area contributed by atoms with E-state index in [1.165, 1.54) is 5.69 Å². The van der Waals surface area contributed by atoms with Gasteiger partial charge >= 0.3 is 0 Å². The van der Waals surface area contributed by atoms with Crippen molar-refractivity contribution in [2.45, 2.75) is 27.2 Å². The second-order valence-electron chi connectivity index (χ2n) is 4.21. The molecule has 0 aromatic carbocycles. The highest BCUT2D eigenvalue weighted by Crippen LogP contribution is 2.18. The van der Waals surface area contributed by atoms with Crippen LogP contribution in [0.5, 0.6) is 0 Å². The summed E-state index contributed by atoms with van der Waals surface area (Å²) in [5, 5.41) is 4.32. The number of aromatic nitrogens is 3. The Hall–Kier alpha value is -0.900. The SMILES string of the molecule is Cc1cc(CC(C)C)n2ncc(Br)c2n1. The van der Waals surface area contributed by atoms with Crippen molar-refractivity contribution >= 4 is 21.6 Å². The molecular formula is C11H14BrN3. The van der Waals surface area contributed by atoms with E-state index < -0.39 is 0 Å². The van der Waals surface area contributed by atoms with E-state index in [-0.39, 0.29) is 0 Å². The number of hydrogen-bond acceptors (Lipinski definition) is 2. The fourth-order valence-corrected chi connectivity index (χ4v) is 2.05. The number of nitrogens with zero attached hydrogens (tertiary/aromatic N) is 3. The fourth-order valence-electron chi connectivity index (χ4n) is 1.70. The molecule has 15 heavy (non-hydrogen) atoms. The summed E-state index contributed by atoms with van der Waals surface area (Å²) in [6, 6.07) is 2.10. The van der Waals surface area contributed by atoms with Gasteiger partial charge in [0, 0.05) is 11.4 Å². The van der Waals surface area contributed by atoms with Gasteiger partial charge in [0.2, 0.25) is 0 Å². The normalized spacial score (nSPS) is 11.5. The average molecular weight is 268 g/mol. The first-order valence-corrected chi connectivity index (χ1v) is 5.87. The zero-order valence-corrected chi connectivity index (χ0v) is 10.7. The number of fused-ring (bicyclic) bond motifs is 1. The molecule has 0 aliphatic heterocycles. The third kappa shape index (κ3) is 2.04. The quantitative estimate of drug-likeness (QED) is 0.838. The molecule has 0 amide bonds. The molecule has 2 heterocycles. The van der Waals surface area contributed by atoms with Gasteiger partial charge in [-0.2, -0.15) is 5.10 Å². The van der Waals surface area contributed by atoms with Crippen LogP contribution >= 0.6 is 15.9 Å². The van der Waals surface area contributed by atoms with Crippen molar-refractivity contribution in [3.8, 4) is 0 Å². The third-order valence-corrected chi connectivity index (χ3v) is 2.81. The van der Waals surface area contributed by atoms with Crippen molar-refractivity contribution in [2.75, 3.05) is 0 Å². The molecule has 0 radical (unpaired) electrons. The van der Waals surface area contributed by atoms with E-state index in [2.05, 4.69) is 45.9 Å². The van der Waals surface area contributed by atoms with Crippen molar-refractivity contribution in [3.63, 3.8) is 0 Å². The van der Waals surface area contributed by atoms with Crippen molar-refractivity contribution in [2.24, 2.45) is 5.92 Å². The molecule has 0 aliphatic rings. The van der Waals surface area contributed by atoms with Gasteiger partial charge in [0.05, 0.1) is 10.7 Å². The molecule has 0 atom stereocenters. The van der Waals surface area contributed by atoms with Gasteiger partial charge in [-0.3, -0.25) is 0 Å². The van der Waals surface area contributed by atoms with Crippen LogP contribution in [0.25, 0.3) is 5.65 Å². The summed E-state index contributed by atoms with van der Waals surface area (Å²) in [6.45, 7) is 6.43. The van der Waals surface area contributed by atoms with Crippen LogP contribution in [0.4, 0.5) is 0 Å². The minimum atomic E-state index is 0.623. The smallest absolute Gasteiger partial charge is 0.169 e. The largest absolute Gasteiger partial charge is 0.233 e. The predicted octanol–water partition coefficient (Wildman–Crippen LogP) is 3.00. The van der Waals surface area contributed by atoms with Crippen LogP contribution in [0.2, 0.25) is 0 Å². The molecule has 0 N–H and O–H groups in total. The van der Waals surface area contributed by atoms with E-state index >= 15 is 0 Å². The maximum Gasteiger partial charge on any atom is 0.169 e. The van der Waals surface area contributed by atoms with Crippen molar-refractivity contribution in [1.29, 1.82) is 0 Å². The van der Waals surface area contributed by atoms with Gasteiger partial charge in [0.15, 0.2) is 5.65 Å². The van der Waals surface area contributed by atoms with E-state index in [1.807, 2.05) is 11.4 Å². The Morgan fingerprint density at radius 2 is 2.20 bits per heavy atom. The standard InChI is InChI=1S/C11H14BrN3/c1-7(2)4-9-5-8(3)14-11-10(12)6-13-15(9)11/h5-7H,4H2,1-3H3. The van der Waals surface area contributed by atoms with E-state index in [9.17, 15) is 0 Å². The third-order valence-electron chi connectivity index (χ3n) is 2.25. The summed E-state index contributed by atoms with van der Waals surface area (Å²) in [6.07, 6.45) is 2.82. The lowest BCUT2D eigenvalue weighted by Gasteiger charge is -2.08. The zero-order chi connectivity index (χ0) is 11.0. The van der Waals surface area contributed by atoms with Crippen molar-refractivity contribution < 1.29 is 0 Å². The van der Waals surface area contributed by atoms with Gasteiger partial charge in [-0.1, -0.05) is 13.8 Å². The Balaban J connectivity index is 2.61. The van der Waals surface area contributed by atoms with Crippen LogP contribution in [0.15, 0.2) is 16.7 Å². The molecule has 2 aromatic heterocycles. The molecule has 0 saturated carbocycles. The molecule has 0 fully saturated rings. The molecule has 80 valence electrons. The van der Waals surface area contributed by atoms with Gasteiger partial charge in [-0.25, -0.2) is 9.50 Å². The van der Waals surface area contributed by atoms with E-state index in [0.29, 0.717) is 5.92 Å². The monoisotopic (exact) mass is 267 g/mol. The summed E-state index contributed by atoms with van der Waals surface area (Å²) in [5.74, 6) is 0.623. The molecule has 3 nitrogen and oxygen atoms in total. The summed E-state index contributed by atoms with van der Waals surface area (Å²) >= 11 is 3.46. The van der Waals surface area contributed by atoms with E-state index in [1.54, 1.807) is 6.20 Å². The van der Waals surface area contributed by atoms with Crippen LogP contribution in [0, 0.1) is 12.8 Å². The number of rotatable bonds is 2. The summed E-state index contributed by atoms with van der Waals surface area (Å²) < 4.78 is 2.87. The Labute approximate surface area is 97.6 Å². The Bertz CT molecular complexity index is 488. The fraction of sp³-hybridized carbons (Fsp3) is 0.455. The topological polar surface area (TPSA) is 30.2 Å². The first-order chi connectivity index (χ1) is 7.08. The average Bonchev–Trinajstić information content (AvgIpc) is 2.47. The first-order valence-electron chi connectivity index (χ1n) is 5.07. The van der Waals surface area contributed by atoms with Gasteiger partial charge in [0.25, 0.3) is 0 Å². The number of hydrogen-bond donors (Lipinski definition) is 0. The highest BCUT2D eigenvalue weighted by Gasteiger charge is 2.09. The second-order valence-corrected chi connectivity index (χ2v) is 5.07. The Morgan fingerprint density at radius 1 is 1.47 bits per heavy atom. The maximum absolute atomic E-state index is 4.46. The molecule has 0 unspecified atom stereocenters. The van der Waals surface area contributed by atoms with E-state index in [0.717, 1.165) is 22.2 Å². The lowest BCUT2D eigenvalue weighted by atomic mass is 10.1. The minimum Gasteiger partial charge on any atom is -0.233 e. The first kappa shape index (κ1) is 10.6. The van der Waals surface area contributed by atoms with Gasteiger partial charge in [-0.15, -0.1) is 0 Å². The minimum absolute atomic E-state index is 0.623. The zero-order valence-electron chi connectivity index (χ0n) is 9.16. The van der Waals surface area contributed by atoms with Crippen LogP contribution in [0.3, 0.4) is 0 Å². The molecule has 0 saturated heterocycles. The molecule has 4 heteroatoms. The predicted molar refractivity (Wildman–Crippen MR) is 64.0 cm³/mol. The van der Waals surface area contributed by atoms with Crippen LogP contribution < -0.4 is 0 Å². The summed E-state index contributed by atoms with van der Waals surface area (Å²) in [4.78, 5) is 4.46. The number of halogens is 1. The Kier molecular flexibility index (Phi) is 2.78. The van der Waals surface area contributed by atoms with E-state index in [4.69, 9.17) is 0 Å². The lowest BCUT2D eigenvalue weighted by molar-refractivity contribution is 0.618. The molecular weight excluding hydrogens is 254 g/mol. The summed E-state index contributed by atoms with van der Waals surface area (Å²) in [5.41, 5.74) is 3.17. The lowest BCUT2D eigenvalue weighted by Crippen LogP contribution is -2.05. The Morgan fingerprint density at radius 3 is 2.87 bits per heavy atom. The van der Waals surface area contributed by atoms with Crippen molar-refractivity contribution in [3.05, 3.63) is 28.1 Å². The summed E-state index contributed by atoms with van der Waals surface area (Å²) in [7, 11) is 0. The van der Waals surface area contributed by atoms with Crippen LogP contribution in [-0.4, -0.2) is 14.6 Å². The van der Waals surface area contributed by atoms with Crippen LogP contribution in [-0.2, 0) is 6.42 Å². The maximum atomic E-state index is 4.46. The van der Waals surface area contributed by atoms with Crippen molar-refractivity contribution in [1.82, 2.24) is 14.6 Å². The molecule has 2 rings (SSSR count). The molecule has 0 bridgehead atoms. The number of aryl methyl sites for hydroxylation is 1. The molecule has 2 aromatic rings. The molecule has 0 aliphatic carbocycles. The van der Waals surface area contributed by atoms with Crippen LogP contribution in [0.1, 0.15) is 25.2 Å². The van der Waals surface area contributed by atoms with Gasteiger partial charge < -0.3 is 0 Å².